The van der Waals surface area contributed by atoms with Crippen LogP contribution in [0.5, 0.6) is 0 Å². The van der Waals surface area contributed by atoms with Crippen LogP contribution in [0.15, 0.2) is 12.7 Å². The Kier molecular flexibility index (Phi) is 12.5. The van der Waals surface area contributed by atoms with Gasteiger partial charge in [0.05, 0.1) is 0 Å². The van der Waals surface area contributed by atoms with Crippen LogP contribution >= 0.6 is 0 Å². The van der Waals surface area contributed by atoms with Crippen molar-refractivity contribution in [2.24, 2.45) is 0 Å². The van der Waals surface area contributed by atoms with E-state index < -0.39 is 18.5 Å². The van der Waals surface area contributed by atoms with Crippen LogP contribution in [-0.4, -0.2) is 41.7 Å². The molecular weight excluding hydrogens is 228 g/mol. The minimum absolute atomic E-state index is 0.302. The third-order valence-electron chi connectivity index (χ3n) is 1.35. The molecule has 0 rings (SSSR count). The summed E-state index contributed by atoms with van der Waals surface area (Å²) >= 11 is 0. The van der Waals surface area contributed by atoms with Crippen LogP contribution in [-0.2, 0) is 19.0 Å². The van der Waals surface area contributed by atoms with Gasteiger partial charge in [-0.15, -0.1) is 0 Å². The lowest BCUT2D eigenvalue weighted by molar-refractivity contribution is -0.269. The van der Waals surface area contributed by atoms with Gasteiger partial charge in [0.2, 0.25) is 0 Å². The van der Waals surface area contributed by atoms with Gasteiger partial charge in [-0.05, 0) is 27.7 Å². The fraction of sp³-hybridized carbons (Fsp3) is 0.727. The van der Waals surface area contributed by atoms with Crippen molar-refractivity contribution in [2.75, 3.05) is 6.61 Å². The summed E-state index contributed by atoms with van der Waals surface area (Å²) in [6, 6.07) is 0. The summed E-state index contributed by atoms with van der Waals surface area (Å²) in [6.07, 6.45) is -0.732. The number of carboxylic acids is 1. The molecular formula is C11H22O6. The molecule has 6 heteroatoms. The standard InChI is InChI=1S/C8H18O4.C3H4O2/c1-5-10-7(3)12-8(4)11-6(2)9;1-2-3(4)5/h6-9H,5H2,1-4H3;2H,1H2,(H,4,5). The van der Waals surface area contributed by atoms with E-state index in [2.05, 4.69) is 6.58 Å². The quantitative estimate of drug-likeness (QED) is 0.524. The summed E-state index contributed by atoms with van der Waals surface area (Å²) in [6.45, 7) is 10.5. The van der Waals surface area contributed by atoms with Crippen molar-refractivity contribution in [3.8, 4) is 0 Å². The molecule has 3 unspecified atom stereocenters. The molecule has 17 heavy (non-hydrogen) atoms. The van der Waals surface area contributed by atoms with E-state index >= 15 is 0 Å². The van der Waals surface area contributed by atoms with Crippen molar-refractivity contribution in [2.45, 2.75) is 46.6 Å². The second-order valence-corrected chi connectivity index (χ2v) is 3.00. The highest BCUT2D eigenvalue weighted by Gasteiger charge is 2.10. The van der Waals surface area contributed by atoms with Gasteiger partial charge < -0.3 is 24.4 Å². The molecule has 0 saturated heterocycles. The molecule has 0 heterocycles. The van der Waals surface area contributed by atoms with Crippen LogP contribution < -0.4 is 0 Å². The predicted molar refractivity (Wildman–Crippen MR) is 62.2 cm³/mol. The zero-order valence-corrected chi connectivity index (χ0v) is 10.8. The number of aliphatic carboxylic acids is 1. The highest BCUT2D eigenvalue weighted by Crippen LogP contribution is 2.02. The lowest BCUT2D eigenvalue weighted by Crippen LogP contribution is -2.25. The number of hydrogen-bond acceptors (Lipinski definition) is 5. The summed E-state index contributed by atoms with van der Waals surface area (Å²) in [5.74, 6) is -0.981. The van der Waals surface area contributed by atoms with E-state index in [1.807, 2.05) is 6.92 Å². The van der Waals surface area contributed by atoms with E-state index in [1.165, 1.54) is 6.92 Å². The summed E-state index contributed by atoms with van der Waals surface area (Å²) in [5, 5.41) is 16.4. The number of rotatable bonds is 7. The van der Waals surface area contributed by atoms with Gasteiger partial charge in [-0.1, -0.05) is 6.58 Å². The van der Waals surface area contributed by atoms with E-state index in [4.69, 9.17) is 24.4 Å². The number of carboxylic acid groups (broad SMARTS) is 1. The van der Waals surface area contributed by atoms with Crippen LogP contribution in [0.1, 0.15) is 27.7 Å². The Morgan fingerprint density at radius 2 is 1.76 bits per heavy atom. The van der Waals surface area contributed by atoms with E-state index in [0.29, 0.717) is 6.61 Å². The first-order chi connectivity index (χ1) is 7.83. The molecule has 0 aromatic rings. The van der Waals surface area contributed by atoms with Gasteiger partial charge in [0, 0.05) is 12.7 Å². The highest BCUT2D eigenvalue weighted by atomic mass is 16.8. The first-order valence-electron chi connectivity index (χ1n) is 5.29. The molecule has 0 saturated carbocycles. The fourth-order valence-corrected chi connectivity index (χ4v) is 0.853. The van der Waals surface area contributed by atoms with Gasteiger partial charge in [0.1, 0.15) is 0 Å². The average Bonchev–Trinajstić information content (AvgIpc) is 2.17. The molecule has 0 aliphatic heterocycles. The molecule has 0 aromatic carbocycles. The van der Waals surface area contributed by atoms with Crippen LogP contribution in [0.2, 0.25) is 0 Å². The molecule has 0 amide bonds. The van der Waals surface area contributed by atoms with Gasteiger partial charge in [-0.3, -0.25) is 0 Å². The van der Waals surface area contributed by atoms with Gasteiger partial charge in [-0.25, -0.2) is 4.79 Å². The molecule has 0 fully saturated rings. The zero-order valence-electron chi connectivity index (χ0n) is 10.8. The van der Waals surface area contributed by atoms with E-state index in [1.54, 1.807) is 13.8 Å². The molecule has 2 N–H and O–H groups in total. The molecule has 0 aliphatic rings. The third-order valence-corrected chi connectivity index (χ3v) is 1.35. The Bertz CT molecular complexity index is 204. The maximum absolute atomic E-state index is 9.25. The summed E-state index contributed by atoms with van der Waals surface area (Å²) in [7, 11) is 0. The summed E-state index contributed by atoms with van der Waals surface area (Å²) < 4.78 is 15.2. The lowest BCUT2D eigenvalue weighted by atomic mass is 10.6. The zero-order chi connectivity index (χ0) is 13.8. The van der Waals surface area contributed by atoms with Crippen molar-refractivity contribution >= 4 is 5.97 Å². The van der Waals surface area contributed by atoms with Crippen LogP contribution in [0, 0.1) is 0 Å². The predicted octanol–water partition coefficient (Wildman–Crippen LogP) is 1.34. The molecule has 6 nitrogen and oxygen atoms in total. The molecule has 0 radical (unpaired) electrons. The normalized spacial score (nSPS) is 15.1. The number of aliphatic hydroxyl groups is 1. The number of carbonyl (C=O) groups is 1. The van der Waals surface area contributed by atoms with Crippen molar-refractivity contribution in [1.29, 1.82) is 0 Å². The van der Waals surface area contributed by atoms with E-state index in [0.717, 1.165) is 6.08 Å². The van der Waals surface area contributed by atoms with Crippen molar-refractivity contribution in [1.82, 2.24) is 0 Å². The van der Waals surface area contributed by atoms with Gasteiger partial charge in [0.25, 0.3) is 0 Å². The second kappa shape index (κ2) is 11.5. The largest absolute Gasteiger partial charge is 0.478 e. The number of ether oxygens (including phenoxy) is 3. The Morgan fingerprint density at radius 1 is 1.29 bits per heavy atom. The van der Waals surface area contributed by atoms with Crippen LogP contribution in [0.4, 0.5) is 0 Å². The minimum atomic E-state index is -0.981. The summed E-state index contributed by atoms with van der Waals surface area (Å²) in [4.78, 5) is 9.25. The Balaban J connectivity index is 0. The average molecular weight is 250 g/mol. The number of hydrogen-bond donors (Lipinski definition) is 2. The fourth-order valence-electron chi connectivity index (χ4n) is 0.853. The van der Waals surface area contributed by atoms with Crippen LogP contribution in [0.25, 0.3) is 0 Å². The van der Waals surface area contributed by atoms with Crippen molar-refractivity contribution in [3.05, 3.63) is 12.7 Å². The van der Waals surface area contributed by atoms with Crippen molar-refractivity contribution < 1.29 is 29.2 Å². The summed E-state index contributed by atoms with van der Waals surface area (Å²) in [5.41, 5.74) is 0. The molecule has 0 spiro atoms. The molecule has 102 valence electrons. The SMILES string of the molecule is C=CC(=O)O.CCOC(C)OC(C)OC(C)O. The van der Waals surface area contributed by atoms with Crippen molar-refractivity contribution in [3.63, 3.8) is 0 Å². The van der Waals surface area contributed by atoms with Crippen LogP contribution in [0.3, 0.4) is 0 Å². The Morgan fingerprint density at radius 3 is 2.06 bits per heavy atom. The highest BCUT2D eigenvalue weighted by molar-refractivity contribution is 5.78. The lowest BCUT2D eigenvalue weighted by Gasteiger charge is -2.20. The second-order valence-electron chi connectivity index (χ2n) is 3.00. The van der Waals surface area contributed by atoms with Gasteiger partial charge in [0.15, 0.2) is 18.9 Å². The molecule has 3 atom stereocenters. The minimum Gasteiger partial charge on any atom is -0.478 e. The Hall–Kier alpha value is -0.950. The molecule has 0 bridgehead atoms. The number of aliphatic hydroxyl groups excluding tert-OH is 1. The first-order valence-corrected chi connectivity index (χ1v) is 5.29. The monoisotopic (exact) mass is 250 g/mol. The third kappa shape index (κ3) is 17.7. The first kappa shape index (κ1) is 18.4. The maximum Gasteiger partial charge on any atom is 0.327 e. The molecule has 0 aliphatic carbocycles. The van der Waals surface area contributed by atoms with E-state index in [9.17, 15) is 4.79 Å². The molecule has 0 aromatic heterocycles. The van der Waals surface area contributed by atoms with Gasteiger partial charge in [-0.2, -0.15) is 0 Å². The maximum atomic E-state index is 9.25. The topological polar surface area (TPSA) is 85.2 Å². The smallest absolute Gasteiger partial charge is 0.327 e. The Labute approximate surface area is 102 Å². The van der Waals surface area contributed by atoms with Gasteiger partial charge >= 0.3 is 5.97 Å². The van der Waals surface area contributed by atoms with E-state index in [-0.39, 0.29) is 6.29 Å².